The van der Waals surface area contributed by atoms with Crippen LogP contribution in [0.3, 0.4) is 0 Å². The number of carbonyl (C=O) groups is 1. The first-order valence-corrected chi connectivity index (χ1v) is 5.27. The average molecular weight is 273 g/mol. The fourth-order valence-electron chi connectivity index (χ4n) is 1.16. The minimum absolute atomic E-state index is 0.105. The Morgan fingerprint density at radius 2 is 2.33 bits per heavy atom. The minimum atomic E-state index is -0.396. The molecule has 1 amide bonds. The van der Waals surface area contributed by atoms with Crippen LogP contribution in [0.25, 0.3) is 0 Å². The summed E-state index contributed by atoms with van der Waals surface area (Å²) in [5.74, 6) is -0.130. The second-order valence-corrected chi connectivity index (χ2v) is 4.06. The van der Waals surface area contributed by atoms with Crippen LogP contribution in [0.4, 0.5) is 5.69 Å². The van der Waals surface area contributed by atoms with Gasteiger partial charge in [-0.2, -0.15) is 0 Å². The second-order valence-electron chi connectivity index (χ2n) is 3.21. The third-order valence-electron chi connectivity index (χ3n) is 1.93. The Hall–Kier alpha value is -0.910. The summed E-state index contributed by atoms with van der Waals surface area (Å²) in [6.45, 7) is 1.34. The number of halogens is 1. The van der Waals surface area contributed by atoms with E-state index < -0.39 is 6.04 Å². The van der Waals surface area contributed by atoms with Gasteiger partial charge in [-0.3, -0.25) is 4.79 Å². The van der Waals surface area contributed by atoms with E-state index in [0.717, 1.165) is 10.0 Å². The molecular formula is C10H13BrN2O2. The molecule has 5 heteroatoms. The zero-order valence-electron chi connectivity index (χ0n) is 8.33. The first-order valence-electron chi connectivity index (χ1n) is 4.48. The van der Waals surface area contributed by atoms with Gasteiger partial charge in [0.05, 0.1) is 18.3 Å². The van der Waals surface area contributed by atoms with Crippen molar-refractivity contribution < 1.29 is 9.90 Å². The normalized spacial score (nSPS) is 12.3. The highest BCUT2D eigenvalue weighted by Gasteiger charge is 2.07. The molecule has 4 nitrogen and oxygen atoms in total. The van der Waals surface area contributed by atoms with Crippen LogP contribution >= 0.6 is 15.9 Å². The van der Waals surface area contributed by atoms with Crippen molar-refractivity contribution >= 4 is 27.5 Å². The third kappa shape index (κ3) is 3.30. The molecule has 0 unspecified atom stereocenters. The third-order valence-corrected chi connectivity index (χ3v) is 2.58. The summed E-state index contributed by atoms with van der Waals surface area (Å²) in [5, 5.41) is 11.6. The number of rotatable bonds is 3. The van der Waals surface area contributed by atoms with Gasteiger partial charge in [0.25, 0.3) is 0 Å². The maximum atomic E-state index is 10.8. The van der Waals surface area contributed by atoms with E-state index in [0.29, 0.717) is 5.69 Å². The molecule has 0 fully saturated rings. The van der Waals surface area contributed by atoms with E-state index in [-0.39, 0.29) is 12.5 Å². The second kappa shape index (κ2) is 5.25. The van der Waals surface area contributed by atoms with Crippen molar-refractivity contribution in [2.75, 3.05) is 11.9 Å². The quantitative estimate of drug-likeness (QED) is 0.779. The standard InChI is InChI=1S/C10H13BrN2O2/c1-6(15)13-10-3-2-7(4-8(10)11)9(12)5-14/h2-4,9,14H,5,12H2,1H3,(H,13,15)/t9-/m0/s1. The summed E-state index contributed by atoms with van der Waals surface area (Å²) >= 11 is 3.32. The fraction of sp³-hybridized carbons (Fsp3) is 0.300. The van der Waals surface area contributed by atoms with Crippen molar-refractivity contribution in [3.05, 3.63) is 28.2 Å². The predicted molar refractivity (Wildman–Crippen MR) is 62.5 cm³/mol. The number of hydrogen-bond acceptors (Lipinski definition) is 3. The molecular weight excluding hydrogens is 260 g/mol. The lowest BCUT2D eigenvalue weighted by molar-refractivity contribution is -0.114. The van der Waals surface area contributed by atoms with Crippen LogP contribution in [-0.2, 0) is 4.79 Å². The van der Waals surface area contributed by atoms with Crippen molar-refractivity contribution in [3.63, 3.8) is 0 Å². The molecule has 0 saturated carbocycles. The van der Waals surface area contributed by atoms with E-state index in [1.165, 1.54) is 6.92 Å². The molecule has 0 aliphatic heterocycles. The number of aliphatic hydroxyl groups excluding tert-OH is 1. The maximum absolute atomic E-state index is 10.8. The van der Waals surface area contributed by atoms with Gasteiger partial charge in [-0.05, 0) is 33.6 Å². The molecule has 1 aromatic carbocycles. The number of benzene rings is 1. The van der Waals surface area contributed by atoms with Gasteiger partial charge in [0.15, 0.2) is 0 Å². The first-order chi connectivity index (χ1) is 7.04. The van der Waals surface area contributed by atoms with E-state index in [1.54, 1.807) is 18.2 Å². The van der Waals surface area contributed by atoms with Gasteiger partial charge >= 0.3 is 0 Å². The van der Waals surface area contributed by atoms with Crippen molar-refractivity contribution in [3.8, 4) is 0 Å². The van der Waals surface area contributed by atoms with E-state index >= 15 is 0 Å². The minimum Gasteiger partial charge on any atom is -0.394 e. The van der Waals surface area contributed by atoms with Crippen molar-refractivity contribution in [1.29, 1.82) is 0 Å². The molecule has 15 heavy (non-hydrogen) atoms. The lowest BCUT2D eigenvalue weighted by Gasteiger charge is -2.11. The molecule has 0 aliphatic carbocycles. The number of anilines is 1. The number of aliphatic hydroxyl groups is 1. The van der Waals surface area contributed by atoms with E-state index in [4.69, 9.17) is 10.8 Å². The highest BCUT2D eigenvalue weighted by atomic mass is 79.9. The zero-order valence-corrected chi connectivity index (χ0v) is 9.91. The molecule has 1 aromatic rings. The van der Waals surface area contributed by atoms with Crippen LogP contribution in [0.15, 0.2) is 22.7 Å². The number of amides is 1. The molecule has 82 valence electrons. The van der Waals surface area contributed by atoms with Crippen LogP contribution in [0.2, 0.25) is 0 Å². The first kappa shape index (κ1) is 12.2. The SMILES string of the molecule is CC(=O)Nc1ccc([C@@H](N)CO)cc1Br. The summed E-state index contributed by atoms with van der Waals surface area (Å²) in [6.07, 6.45) is 0. The van der Waals surface area contributed by atoms with Crippen LogP contribution < -0.4 is 11.1 Å². The Labute approximate surface area is 96.6 Å². The van der Waals surface area contributed by atoms with Crippen molar-refractivity contribution in [1.82, 2.24) is 0 Å². The molecule has 0 bridgehead atoms. The molecule has 1 atom stereocenters. The molecule has 0 aromatic heterocycles. The molecule has 1 rings (SSSR count). The Balaban J connectivity index is 2.92. The average Bonchev–Trinajstić information content (AvgIpc) is 2.19. The Kier molecular flexibility index (Phi) is 4.26. The van der Waals surface area contributed by atoms with Gasteiger partial charge in [-0.25, -0.2) is 0 Å². The monoisotopic (exact) mass is 272 g/mol. The van der Waals surface area contributed by atoms with Crippen molar-refractivity contribution in [2.24, 2.45) is 5.73 Å². The zero-order chi connectivity index (χ0) is 11.4. The summed E-state index contributed by atoms with van der Waals surface area (Å²) in [4.78, 5) is 10.8. The lowest BCUT2D eigenvalue weighted by atomic mass is 10.1. The predicted octanol–water partition coefficient (Wildman–Crippen LogP) is 1.40. The van der Waals surface area contributed by atoms with E-state index in [2.05, 4.69) is 21.2 Å². The summed E-state index contributed by atoms with van der Waals surface area (Å²) in [7, 11) is 0. The van der Waals surface area contributed by atoms with E-state index in [1.807, 2.05) is 0 Å². The van der Waals surface area contributed by atoms with Crippen LogP contribution in [0.5, 0.6) is 0 Å². The maximum Gasteiger partial charge on any atom is 0.221 e. The van der Waals surface area contributed by atoms with Gasteiger partial charge in [-0.1, -0.05) is 6.07 Å². The lowest BCUT2D eigenvalue weighted by Crippen LogP contribution is -2.14. The largest absolute Gasteiger partial charge is 0.394 e. The molecule has 0 spiro atoms. The molecule has 0 saturated heterocycles. The van der Waals surface area contributed by atoms with Gasteiger partial charge in [0.1, 0.15) is 0 Å². The number of nitrogens with one attached hydrogen (secondary N) is 1. The van der Waals surface area contributed by atoms with Crippen LogP contribution in [0, 0.1) is 0 Å². The summed E-state index contributed by atoms with van der Waals surface area (Å²) < 4.78 is 0.749. The smallest absolute Gasteiger partial charge is 0.221 e. The van der Waals surface area contributed by atoms with Crippen LogP contribution in [0.1, 0.15) is 18.5 Å². The number of hydrogen-bond donors (Lipinski definition) is 3. The highest BCUT2D eigenvalue weighted by Crippen LogP contribution is 2.25. The fourth-order valence-corrected chi connectivity index (χ4v) is 1.65. The molecule has 0 heterocycles. The molecule has 4 N–H and O–H groups in total. The number of nitrogens with two attached hydrogens (primary N) is 1. The van der Waals surface area contributed by atoms with Crippen LogP contribution in [-0.4, -0.2) is 17.6 Å². The Bertz CT molecular complexity index is 368. The van der Waals surface area contributed by atoms with Crippen molar-refractivity contribution in [2.45, 2.75) is 13.0 Å². The number of carbonyl (C=O) groups excluding carboxylic acids is 1. The van der Waals surface area contributed by atoms with Gasteiger partial charge < -0.3 is 16.2 Å². The Morgan fingerprint density at radius 3 is 2.80 bits per heavy atom. The Morgan fingerprint density at radius 1 is 1.67 bits per heavy atom. The molecule has 0 aliphatic rings. The topological polar surface area (TPSA) is 75.4 Å². The van der Waals surface area contributed by atoms with Gasteiger partial charge in [0, 0.05) is 11.4 Å². The summed E-state index contributed by atoms with van der Waals surface area (Å²) in [5.41, 5.74) is 7.17. The highest BCUT2D eigenvalue weighted by molar-refractivity contribution is 9.10. The van der Waals surface area contributed by atoms with Gasteiger partial charge in [0.2, 0.25) is 5.91 Å². The summed E-state index contributed by atoms with van der Waals surface area (Å²) in [6, 6.07) is 4.91. The van der Waals surface area contributed by atoms with E-state index in [9.17, 15) is 4.79 Å². The molecule has 0 radical (unpaired) electrons. The van der Waals surface area contributed by atoms with Gasteiger partial charge in [-0.15, -0.1) is 0 Å².